The van der Waals surface area contributed by atoms with Crippen LogP contribution in [-0.2, 0) is 4.57 Å². The molecule has 3 N–H and O–H groups in total. The van der Waals surface area contributed by atoms with E-state index in [9.17, 15) is 0 Å². The predicted octanol–water partition coefficient (Wildman–Crippen LogP) is -2.76. The quantitative estimate of drug-likeness (QED) is 0.296. The Balaban J connectivity index is -0.0000000800. The molecule has 0 aromatic heterocycles. The third-order valence-electron chi connectivity index (χ3n) is 0. The van der Waals surface area contributed by atoms with Gasteiger partial charge in [0.2, 0.25) is 0 Å². The average Bonchev–Trinajstić information content (AvgIpc) is 0.722. The first kappa shape index (κ1) is 15.8. The minimum atomic E-state index is -4.64. The molecule has 0 bridgehead atoms. The van der Waals surface area contributed by atoms with E-state index in [1.165, 1.54) is 0 Å². The Morgan fingerprint density at radius 3 is 1.14 bits per heavy atom. The van der Waals surface area contributed by atoms with Gasteiger partial charge in [-0.25, -0.2) is 4.57 Å². The van der Waals surface area contributed by atoms with Crippen LogP contribution >= 0.6 is 7.82 Å². The van der Waals surface area contributed by atoms with E-state index in [1.54, 1.807) is 0 Å². The van der Waals surface area contributed by atoms with Gasteiger partial charge in [0.15, 0.2) is 0 Å². The standard InChI is InChI=1S/Mg.H3O4P.H2Se.2H/c;1-5(2,3)4;;;/h;(H3,1,2,3,4);1H2;;. The average molecular weight is 205 g/mol. The summed E-state index contributed by atoms with van der Waals surface area (Å²) in [6.07, 6.45) is 0. The van der Waals surface area contributed by atoms with E-state index in [2.05, 4.69) is 0 Å². The summed E-state index contributed by atoms with van der Waals surface area (Å²) in [4.78, 5) is 21.6. The molecule has 0 saturated heterocycles. The zero-order valence-electron chi connectivity index (χ0n) is 2.70. The number of phosphoric acid groups is 1. The van der Waals surface area contributed by atoms with E-state index in [1.807, 2.05) is 0 Å². The zero-order chi connectivity index (χ0) is 4.50. The Labute approximate surface area is 67.2 Å². The van der Waals surface area contributed by atoms with Gasteiger partial charge in [-0.05, 0) is 0 Å². The molecule has 0 fully saturated rings. The van der Waals surface area contributed by atoms with E-state index in [-0.39, 0.29) is 40.1 Å². The van der Waals surface area contributed by atoms with Gasteiger partial charge in [-0.15, -0.1) is 0 Å². The minimum absolute atomic E-state index is 0. The van der Waals surface area contributed by atoms with Crippen LogP contribution in [0, 0.1) is 0 Å². The maximum atomic E-state index is 8.88. The number of rotatable bonds is 0. The first-order valence-electron chi connectivity index (χ1n) is 0.783. The van der Waals surface area contributed by atoms with Gasteiger partial charge in [0.1, 0.15) is 0 Å². The zero-order valence-corrected chi connectivity index (χ0v) is 5.69. The van der Waals surface area contributed by atoms with Gasteiger partial charge in [0.05, 0.1) is 0 Å². The summed E-state index contributed by atoms with van der Waals surface area (Å²) in [7, 11) is -4.64. The van der Waals surface area contributed by atoms with Crippen molar-refractivity contribution in [3.05, 3.63) is 0 Å². The van der Waals surface area contributed by atoms with Crippen molar-refractivity contribution in [2.24, 2.45) is 0 Å². The molecule has 0 atom stereocenters. The van der Waals surface area contributed by atoms with E-state index in [0.29, 0.717) is 0 Å². The number of hydrogen-bond donors (Lipinski definition) is 3. The van der Waals surface area contributed by atoms with Gasteiger partial charge >= 0.3 is 47.9 Å². The van der Waals surface area contributed by atoms with Gasteiger partial charge in [-0.2, -0.15) is 0 Å². The fraction of sp³-hybridized carbons (Fsp3) is 0. The van der Waals surface area contributed by atoms with E-state index in [4.69, 9.17) is 19.2 Å². The second kappa shape index (κ2) is 5.53. The molecule has 0 heterocycles. The summed E-state index contributed by atoms with van der Waals surface area (Å²) >= 11 is 0. The van der Waals surface area contributed by atoms with Crippen LogP contribution in [-0.4, -0.2) is 54.8 Å². The third-order valence-corrected chi connectivity index (χ3v) is 0. The summed E-state index contributed by atoms with van der Waals surface area (Å²) < 4.78 is 8.88. The molecule has 0 radical (unpaired) electrons. The van der Waals surface area contributed by atoms with Crippen LogP contribution in [0.4, 0.5) is 0 Å². The van der Waals surface area contributed by atoms with Crippen molar-refractivity contribution in [1.82, 2.24) is 0 Å². The van der Waals surface area contributed by atoms with Crippen molar-refractivity contribution in [1.29, 1.82) is 0 Å². The van der Waals surface area contributed by atoms with Gasteiger partial charge in [0.25, 0.3) is 0 Å². The van der Waals surface area contributed by atoms with E-state index in [0.717, 1.165) is 0 Å². The van der Waals surface area contributed by atoms with Crippen LogP contribution in [0.3, 0.4) is 0 Å². The summed E-state index contributed by atoms with van der Waals surface area (Å²) in [6.45, 7) is 0. The van der Waals surface area contributed by atoms with Crippen molar-refractivity contribution in [2.45, 2.75) is 0 Å². The summed E-state index contributed by atoms with van der Waals surface area (Å²) in [5.74, 6) is 0. The van der Waals surface area contributed by atoms with Crippen molar-refractivity contribution < 1.29 is 19.2 Å². The van der Waals surface area contributed by atoms with Gasteiger partial charge in [0, 0.05) is 0 Å². The summed E-state index contributed by atoms with van der Waals surface area (Å²) in [5, 5.41) is 0. The van der Waals surface area contributed by atoms with Crippen molar-refractivity contribution in [2.75, 3.05) is 0 Å². The molecule has 44 valence electrons. The van der Waals surface area contributed by atoms with Crippen LogP contribution in [0.25, 0.3) is 0 Å². The fourth-order valence-corrected chi connectivity index (χ4v) is 0. The molecule has 0 aliphatic rings. The third kappa shape index (κ3) is 111. The Morgan fingerprint density at radius 2 is 1.14 bits per heavy atom. The van der Waals surface area contributed by atoms with Crippen LogP contribution in [0.5, 0.6) is 0 Å². The second-order valence-electron chi connectivity index (χ2n) is 0.513. The monoisotopic (exact) mass is 206 g/mol. The molecule has 4 nitrogen and oxygen atoms in total. The molecule has 0 aromatic rings. The maximum absolute atomic E-state index is 8.88. The van der Waals surface area contributed by atoms with Crippen LogP contribution in [0.15, 0.2) is 0 Å². The van der Waals surface area contributed by atoms with Gasteiger partial charge in [-0.1, -0.05) is 0 Å². The molecule has 0 aliphatic carbocycles. The molecule has 0 amide bonds. The number of hydrogen-bond acceptors (Lipinski definition) is 1. The van der Waals surface area contributed by atoms with Crippen molar-refractivity contribution in [3.63, 3.8) is 0 Å². The molecule has 0 spiro atoms. The molecule has 0 aromatic carbocycles. The van der Waals surface area contributed by atoms with Gasteiger partial charge < -0.3 is 14.7 Å². The van der Waals surface area contributed by atoms with Crippen LogP contribution < -0.4 is 0 Å². The molecular formula is H7MgO4PSe. The normalized spacial score (nSPS) is 8.43. The van der Waals surface area contributed by atoms with E-state index < -0.39 is 7.82 Å². The second-order valence-corrected chi connectivity index (χ2v) is 1.54. The summed E-state index contributed by atoms with van der Waals surface area (Å²) in [6, 6.07) is 0. The topological polar surface area (TPSA) is 77.8 Å². The molecular weight excluding hydrogens is 198 g/mol. The molecule has 0 unspecified atom stereocenters. The Bertz CT molecular complexity index is 57.8. The SMILES string of the molecule is O=P(O)(O)O.[MgH2].[SeH2]. The Kier molecular flexibility index (Phi) is 12.5. The van der Waals surface area contributed by atoms with Gasteiger partial charge in [-0.3, -0.25) is 0 Å². The van der Waals surface area contributed by atoms with Crippen molar-refractivity contribution in [3.8, 4) is 0 Å². The van der Waals surface area contributed by atoms with Crippen LogP contribution in [0.2, 0.25) is 0 Å². The molecule has 0 rings (SSSR count). The Morgan fingerprint density at radius 1 is 1.14 bits per heavy atom. The molecule has 7 heavy (non-hydrogen) atoms. The first-order chi connectivity index (χ1) is 2.00. The summed E-state index contributed by atoms with van der Waals surface area (Å²) in [5.41, 5.74) is 0. The fourth-order valence-electron chi connectivity index (χ4n) is 0. The molecule has 7 heteroatoms. The van der Waals surface area contributed by atoms with E-state index >= 15 is 0 Å². The molecule has 0 aliphatic heterocycles. The van der Waals surface area contributed by atoms with Crippen LogP contribution in [0.1, 0.15) is 0 Å². The molecule has 0 saturated carbocycles. The Hall–Kier alpha value is 1.40. The predicted molar refractivity (Wildman–Crippen MR) is 31.4 cm³/mol. The first-order valence-corrected chi connectivity index (χ1v) is 2.35. The van der Waals surface area contributed by atoms with Crippen molar-refractivity contribution >= 4 is 47.9 Å².